The lowest BCUT2D eigenvalue weighted by Crippen LogP contribution is -2.38. The molecule has 116 valence electrons. The quantitative estimate of drug-likeness (QED) is 0.675. The first-order chi connectivity index (χ1) is 9.54. The van der Waals surface area contributed by atoms with E-state index in [2.05, 4.69) is 31.5 Å². The summed E-state index contributed by atoms with van der Waals surface area (Å²) in [6, 6.07) is 0. The van der Waals surface area contributed by atoms with Gasteiger partial charge in [0.25, 0.3) is 0 Å². The highest BCUT2D eigenvalue weighted by Gasteiger charge is 2.25. The number of carbonyl (C=O) groups is 1. The number of aliphatic hydroxyl groups excluding tert-OH is 1. The maximum atomic E-state index is 12.2. The molecule has 0 fully saturated rings. The van der Waals surface area contributed by atoms with Crippen LogP contribution in [0.4, 0.5) is 4.79 Å². The van der Waals surface area contributed by atoms with E-state index >= 15 is 0 Å². The Morgan fingerprint density at radius 2 is 1.95 bits per heavy atom. The molecule has 0 spiro atoms. The fourth-order valence-corrected chi connectivity index (χ4v) is 3.25. The Bertz CT molecular complexity index is 565. The summed E-state index contributed by atoms with van der Waals surface area (Å²) in [5.41, 5.74) is 0.331. The van der Waals surface area contributed by atoms with E-state index in [0.717, 1.165) is 10.8 Å². The number of nitrogens with zero attached hydrogens (tertiary/aromatic N) is 1. The summed E-state index contributed by atoms with van der Waals surface area (Å²) in [5.74, 6) is 5.98. The number of carbonyl (C=O) groups excluding carboxylic acids is 1. The van der Waals surface area contributed by atoms with Crippen molar-refractivity contribution in [2.75, 3.05) is 6.61 Å². The molecule has 5 heteroatoms. The normalized spacial score (nSPS) is 11.8. The highest BCUT2D eigenvalue weighted by atomic mass is 28.3. The van der Waals surface area contributed by atoms with Crippen LogP contribution >= 0.6 is 0 Å². The molecule has 0 aliphatic rings. The molecule has 0 radical (unpaired) electrons. The van der Waals surface area contributed by atoms with E-state index in [1.807, 2.05) is 27.0 Å². The summed E-state index contributed by atoms with van der Waals surface area (Å²) in [4.78, 5) is 12.2. The van der Waals surface area contributed by atoms with Gasteiger partial charge in [-0.05, 0) is 26.0 Å². The van der Waals surface area contributed by atoms with Crippen molar-refractivity contribution in [3.8, 4) is 11.8 Å². The number of ether oxygens (including phenoxy) is 1. The molecule has 1 rings (SSSR count). The van der Waals surface area contributed by atoms with Gasteiger partial charge in [0.05, 0.1) is 14.7 Å². The molecule has 0 unspecified atom stereocenters. The fourth-order valence-electron chi connectivity index (χ4n) is 1.79. The van der Waals surface area contributed by atoms with Gasteiger partial charge in [0.15, 0.2) is 0 Å². The maximum Gasteiger partial charge on any atom is 0.418 e. The molecule has 4 nitrogen and oxygen atoms in total. The smallest absolute Gasteiger partial charge is 0.418 e. The summed E-state index contributed by atoms with van der Waals surface area (Å²) in [5, 5.41) is 9.95. The molecular formula is C16H25NO3Si. The number of aliphatic hydroxyl groups is 1. The fraction of sp³-hybridized carbons (Fsp3) is 0.562. The average Bonchev–Trinajstić information content (AvgIpc) is 2.71. The van der Waals surface area contributed by atoms with Crippen LogP contribution in [0.25, 0.3) is 0 Å². The molecule has 0 aromatic carbocycles. The van der Waals surface area contributed by atoms with E-state index in [0.29, 0.717) is 6.42 Å². The zero-order valence-electron chi connectivity index (χ0n) is 13.8. The first-order valence-electron chi connectivity index (χ1n) is 7.10. The van der Waals surface area contributed by atoms with Crippen molar-refractivity contribution in [3.63, 3.8) is 0 Å². The van der Waals surface area contributed by atoms with Crippen LogP contribution in [-0.2, 0) is 4.74 Å². The molecule has 0 amide bonds. The molecule has 0 saturated heterocycles. The van der Waals surface area contributed by atoms with Gasteiger partial charge < -0.3 is 9.84 Å². The first-order valence-corrected chi connectivity index (χ1v) is 10.6. The lowest BCUT2D eigenvalue weighted by Gasteiger charge is -2.19. The summed E-state index contributed by atoms with van der Waals surface area (Å²) >= 11 is 0. The molecule has 0 bridgehead atoms. The van der Waals surface area contributed by atoms with Crippen LogP contribution in [0.5, 0.6) is 0 Å². The van der Waals surface area contributed by atoms with Gasteiger partial charge in [-0.25, -0.2) is 4.79 Å². The third-order valence-electron chi connectivity index (χ3n) is 2.70. The molecule has 0 atom stereocenters. The van der Waals surface area contributed by atoms with E-state index in [1.54, 1.807) is 6.20 Å². The van der Waals surface area contributed by atoms with Gasteiger partial charge in [-0.1, -0.05) is 31.5 Å². The third-order valence-corrected chi connectivity index (χ3v) is 4.71. The van der Waals surface area contributed by atoms with Crippen LogP contribution in [0.1, 0.15) is 32.8 Å². The predicted molar refractivity (Wildman–Crippen MR) is 87.6 cm³/mol. The van der Waals surface area contributed by atoms with Crippen LogP contribution in [0.15, 0.2) is 12.4 Å². The first kappa shape index (κ1) is 17.5. The number of hydrogen-bond donors (Lipinski definition) is 1. The molecule has 21 heavy (non-hydrogen) atoms. The van der Waals surface area contributed by atoms with Crippen LogP contribution in [-0.4, -0.2) is 36.0 Å². The molecule has 1 aromatic heterocycles. The summed E-state index contributed by atoms with van der Waals surface area (Å²) in [6.07, 6.45) is 3.61. The average molecular weight is 307 g/mol. The monoisotopic (exact) mass is 307 g/mol. The Balaban J connectivity index is 3.15. The summed E-state index contributed by atoms with van der Waals surface area (Å²) in [6.45, 7) is 12.2. The van der Waals surface area contributed by atoms with E-state index in [9.17, 15) is 4.79 Å². The molecule has 1 aromatic rings. The van der Waals surface area contributed by atoms with Crippen molar-refractivity contribution >= 4 is 19.4 Å². The molecule has 0 aliphatic heterocycles. The van der Waals surface area contributed by atoms with Gasteiger partial charge in [-0.2, -0.15) is 0 Å². The van der Waals surface area contributed by atoms with Crippen LogP contribution in [0.2, 0.25) is 19.6 Å². The van der Waals surface area contributed by atoms with Crippen LogP contribution in [0.3, 0.4) is 0 Å². The number of rotatable bonds is 2. The molecule has 1 N–H and O–H groups in total. The Kier molecular flexibility index (Phi) is 5.43. The Morgan fingerprint density at radius 3 is 2.43 bits per heavy atom. The molecular weight excluding hydrogens is 282 g/mol. The molecule has 0 aliphatic carbocycles. The maximum absolute atomic E-state index is 12.2. The second-order valence-electron chi connectivity index (χ2n) is 7.00. The topological polar surface area (TPSA) is 51.5 Å². The summed E-state index contributed by atoms with van der Waals surface area (Å²) in [7, 11) is -1.62. The number of aromatic nitrogens is 1. The van der Waals surface area contributed by atoms with Gasteiger partial charge >= 0.3 is 6.09 Å². The molecule has 0 saturated carbocycles. The van der Waals surface area contributed by atoms with E-state index in [1.165, 1.54) is 4.57 Å². The zero-order valence-corrected chi connectivity index (χ0v) is 14.8. The van der Waals surface area contributed by atoms with E-state index in [4.69, 9.17) is 9.84 Å². The molecule has 1 heterocycles. The van der Waals surface area contributed by atoms with E-state index in [-0.39, 0.29) is 6.61 Å². The van der Waals surface area contributed by atoms with Crippen molar-refractivity contribution in [3.05, 3.63) is 18.0 Å². The highest BCUT2D eigenvalue weighted by molar-refractivity contribution is 6.89. The van der Waals surface area contributed by atoms with Gasteiger partial charge in [0.2, 0.25) is 0 Å². The third kappa shape index (κ3) is 5.41. The standard InChI is InChI=1S/C16H25NO3Si/c1-16(2,3)20-15(19)17-11-13(9-7-8-10-18)14(12-17)21(4,5)6/h11-12,18H,8,10H2,1-6H3. The second kappa shape index (κ2) is 6.50. The highest BCUT2D eigenvalue weighted by Crippen LogP contribution is 2.12. The van der Waals surface area contributed by atoms with Crippen LogP contribution in [0, 0.1) is 11.8 Å². The Hall–Kier alpha value is -1.51. The van der Waals surface area contributed by atoms with Crippen molar-refractivity contribution in [2.45, 2.75) is 52.4 Å². The minimum Gasteiger partial charge on any atom is -0.443 e. The predicted octanol–water partition coefficient (Wildman–Crippen LogP) is 2.55. The largest absolute Gasteiger partial charge is 0.443 e. The van der Waals surface area contributed by atoms with Crippen molar-refractivity contribution in [2.24, 2.45) is 0 Å². The minimum absolute atomic E-state index is 0.0437. The Morgan fingerprint density at radius 1 is 1.33 bits per heavy atom. The zero-order chi connectivity index (χ0) is 16.3. The SMILES string of the molecule is CC(C)(C)OC(=O)n1cc(C#CCCO)c([Si](C)(C)C)c1. The lowest BCUT2D eigenvalue weighted by atomic mass is 10.2. The van der Waals surface area contributed by atoms with Crippen molar-refractivity contribution < 1.29 is 14.6 Å². The Labute approximate surface area is 128 Å². The van der Waals surface area contributed by atoms with Crippen molar-refractivity contribution in [1.82, 2.24) is 4.57 Å². The van der Waals surface area contributed by atoms with E-state index < -0.39 is 19.8 Å². The number of hydrogen-bond acceptors (Lipinski definition) is 3. The minimum atomic E-state index is -1.62. The lowest BCUT2D eigenvalue weighted by molar-refractivity contribution is 0.0537. The van der Waals surface area contributed by atoms with Gasteiger partial charge in [0, 0.05) is 24.4 Å². The van der Waals surface area contributed by atoms with Gasteiger partial charge in [-0.15, -0.1) is 0 Å². The van der Waals surface area contributed by atoms with Gasteiger partial charge in [-0.3, -0.25) is 4.57 Å². The van der Waals surface area contributed by atoms with Crippen molar-refractivity contribution in [1.29, 1.82) is 0 Å². The second-order valence-corrected chi connectivity index (χ2v) is 12.0. The van der Waals surface area contributed by atoms with Gasteiger partial charge in [0.1, 0.15) is 5.60 Å². The van der Waals surface area contributed by atoms with Crippen LogP contribution < -0.4 is 5.19 Å². The summed E-state index contributed by atoms with van der Waals surface area (Å²) < 4.78 is 6.86.